The number of nitrogens with one attached hydrogen (secondary N) is 2. The van der Waals surface area contributed by atoms with Crippen LogP contribution < -0.4 is 21.3 Å². The second kappa shape index (κ2) is 18.7. The quantitative estimate of drug-likeness (QED) is 0.133. The topological polar surface area (TPSA) is 176 Å². The Hall–Kier alpha value is -3.65. The smallest absolute Gasteiger partial charge is 0.258 e. The number of amides is 5. The first kappa shape index (κ1) is 33.6. The second-order valence-corrected chi connectivity index (χ2v) is 9.43. The molecule has 226 valence electrons. The zero-order valence-electron chi connectivity index (χ0n) is 23.6. The molecule has 13 nitrogen and oxygen atoms in total. The number of benzene rings is 1. The molecule has 41 heavy (non-hydrogen) atoms. The lowest BCUT2D eigenvalue weighted by Crippen LogP contribution is -2.47. The Morgan fingerprint density at radius 2 is 1.29 bits per heavy atom. The fourth-order valence-corrected chi connectivity index (χ4v) is 3.67. The molecule has 2 rings (SSSR count). The van der Waals surface area contributed by atoms with Gasteiger partial charge in [0.15, 0.2) is 0 Å². The second-order valence-electron chi connectivity index (χ2n) is 9.43. The summed E-state index contributed by atoms with van der Waals surface area (Å²) in [5.41, 5.74) is 6.49. The number of carbonyl (C=O) groups excluding carboxylic acids is 5. The van der Waals surface area contributed by atoms with Gasteiger partial charge in [0.2, 0.25) is 17.7 Å². The molecule has 1 atom stereocenters. The number of hydrogen-bond acceptors (Lipinski definition) is 9. The van der Waals surface area contributed by atoms with E-state index in [1.54, 1.807) is 38.1 Å². The highest BCUT2D eigenvalue weighted by atomic mass is 16.6. The number of hydrogen-bond donors (Lipinski definition) is 3. The lowest BCUT2D eigenvalue weighted by atomic mass is 10.0. The molecule has 1 aromatic rings. The summed E-state index contributed by atoms with van der Waals surface area (Å²) in [5.74, 6) is -1.88. The summed E-state index contributed by atoms with van der Waals surface area (Å²) in [5, 5.41) is 5.37. The molecule has 0 aromatic heterocycles. The van der Waals surface area contributed by atoms with Gasteiger partial charge in [-0.1, -0.05) is 26.0 Å². The number of primary amides is 1. The number of nitrogens with zero attached hydrogens (tertiary/aromatic N) is 1. The zero-order chi connectivity index (χ0) is 30.0. The van der Waals surface area contributed by atoms with Crippen LogP contribution in [0.5, 0.6) is 0 Å². The highest BCUT2D eigenvalue weighted by Crippen LogP contribution is 2.19. The van der Waals surface area contributed by atoms with Crippen molar-refractivity contribution in [2.45, 2.75) is 32.7 Å². The maximum absolute atomic E-state index is 12.1. The minimum Gasteiger partial charge on any atom is -0.379 e. The van der Waals surface area contributed by atoms with Crippen LogP contribution in [-0.2, 0) is 49.3 Å². The van der Waals surface area contributed by atoms with E-state index in [2.05, 4.69) is 10.6 Å². The van der Waals surface area contributed by atoms with Crippen LogP contribution >= 0.6 is 0 Å². The summed E-state index contributed by atoms with van der Waals surface area (Å²) >= 11 is 0. The lowest BCUT2D eigenvalue weighted by molar-refractivity contribution is -0.129. The van der Waals surface area contributed by atoms with E-state index in [1.165, 1.54) is 12.2 Å². The predicted molar refractivity (Wildman–Crippen MR) is 149 cm³/mol. The van der Waals surface area contributed by atoms with Gasteiger partial charge < -0.3 is 35.3 Å². The summed E-state index contributed by atoms with van der Waals surface area (Å²) in [6.07, 6.45) is 2.74. The van der Waals surface area contributed by atoms with Crippen LogP contribution in [0.15, 0.2) is 36.4 Å². The number of anilines is 1. The molecular weight excluding hydrogens is 536 g/mol. The van der Waals surface area contributed by atoms with E-state index >= 15 is 0 Å². The fraction of sp³-hybridized carbons (Fsp3) is 0.536. The van der Waals surface area contributed by atoms with Gasteiger partial charge in [0.1, 0.15) is 6.04 Å². The van der Waals surface area contributed by atoms with E-state index in [-0.39, 0.29) is 49.0 Å². The summed E-state index contributed by atoms with van der Waals surface area (Å²) in [6.45, 7) is 6.74. The number of nitrogens with two attached hydrogens (primary N) is 1. The Kier molecular flexibility index (Phi) is 15.3. The Bertz CT molecular complexity index is 1030. The Labute approximate surface area is 239 Å². The van der Waals surface area contributed by atoms with Gasteiger partial charge in [0, 0.05) is 25.1 Å². The molecule has 0 aliphatic carbocycles. The fourth-order valence-electron chi connectivity index (χ4n) is 3.67. The molecule has 1 aromatic carbocycles. The minimum absolute atomic E-state index is 0.0848. The van der Waals surface area contributed by atoms with Gasteiger partial charge in [0.25, 0.3) is 11.8 Å². The van der Waals surface area contributed by atoms with Crippen LogP contribution in [-0.4, -0.2) is 95.0 Å². The van der Waals surface area contributed by atoms with Crippen molar-refractivity contribution in [2.75, 3.05) is 64.3 Å². The Balaban J connectivity index is 1.38. The summed E-state index contributed by atoms with van der Waals surface area (Å²) in [6, 6.07) is 5.99. The molecule has 0 fully saturated rings. The highest BCUT2D eigenvalue weighted by molar-refractivity contribution is 6.28. The average molecular weight is 577 g/mol. The van der Waals surface area contributed by atoms with Crippen molar-refractivity contribution in [2.24, 2.45) is 11.7 Å². The molecule has 13 heteroatoms. The predicted octanol–water partition coefficient (Wildman–Crippen LogP) is -0.143. The molecule has 1 heterocycles. The molecular formula is C28H40N4O9. The van der Waals surface area contributed by atoms with E-state index in [4.69, 9.17) is 24.7 Å². The maximum Gasteiger partial charge on any atom is 0.258 e. The van der Waals surface area contributed by atoms with Crippen molar-refractivity contribution in [3.63, 3.8) is 0 Å². The molecule has 0 spiro atoms. The van der Waals surface area contributed by atoms with Crippen LogP contribution in [0.1, 0.15) is 25.8 Å². The van der Waals surface area contributed by atoms with Gasteiger partial charge in [-0.05, 0) is 23.6 Å². The number of rotatable bonds is 21. The van der Waals surface area contributed by atoms with Crippen molar-refractivity contribution in [1.29, 1.82) is 0 Å². The van der Waals surface area contributed by atoms with E-state index in [0.717, 1.165) is 10.5 Å². The van der Waals surface area contributed by atoms with E-state index in [1.807, 2.05) is 0 Å². The van der Waals surface area contributed by atoms with Crippen LogP contribution in [0.25, 0.3) is 0 Å². The van der Waals surface area contributed by atoms with Crippen molar-refractivity contribution in [3.05, 3.63) is 42.0 Å². The van der Waals surface area contributed by atoms with Gasteiger partial charge in [-0.15, -0.1) is 0 Å². The van der Waals surface area contributed by atoms with Gasteiger partial charge in [0.05, 0.1) is 65.0 Å². The highest BCUT2D eigenvalue weighted by Gasteiger charge is 2.25. The molecule has 5 amide bonds. The van der Waals surface area contributed by atoms with Gasteiger partial charge in [-0.25, -0.2) is 4.90 Å². The van der Waals surface area contributed by atoms with E-state index < -0.39 is 11.9 Å². The molecule has 0 radical (unpaired) electrons. The van der Waals surface area contributed by atoms with Crippen molar-refractivity contribution in [3.8, 4) is 0 Å². The van der Waals surface area contributed by atoms with Gasteiger partial charge in [-0.3, -0.25) is 24.0 Å². The normalized spacial score (nSPS) is 13.6. The Morgan fingerprint density at radius 1 is 0.780 bits per heavy atom. The first-order valence-electron chi connectivity index (χ1n) is 13.5. The summed E-state index contributed by atoms with van der Waals surface area (Å²) in [7, 11) is 0. The minimum atomic E-state index is -0.693. The number of ether oxygens (including phenoxy) is 4. The summed E-state index contributed by atoms with van der Waals surface area (Å²) < 4.78 is 21.6. The largest absolute Gasteiger partial charge is 0.379 e. The van der Waals surface area contributed by atoms with Crippen LogP contribution in [0.4, 0.5) is 5.69 Å². The van der Waals surface area contributed by atoms with Crippen LogP contribution in [0.2, 0.25) is 0 Å². The van der Waals surface area contributed by atoms with Gasteiger partial charge in [-0.2, -0.15) is 0 Å². The molecule has 0 saturated carbocycles. The van der Waals surface area contributed by atoms with Crippen molar-refractivity contribution in [1.82, 2.24) is 10.6 Å². The molecule has 1 aliphatic rings. The Morgan fingerprint density at radius 3 is 1.80 bits per heavy atom. The standard InChI is InChI=1S/C28H40N4O9/c1-20(2)27(28(29)37)31-23(33)9-11-38-13-15-40-17-18-41-16-14-39-12-10-30-24(34)19-21-3-5-22(6-4-21)32-25(35)7-8-26(32)36/h3-8,20,27H,9-19H2,1-2H3,(H2,29,37)(H,30,34)(H,31,33)/t27-/m0/s1. The number of carbonyl (C=O) groups is 5. The van der Waals surface area contributed by atoms with E-state index in [9.17, 15) is 24.0 Å². The third-order valence-corrected chi connectivity index (χ3v) is 5.82. The van der Waals surface area contributed by atoms with E-state index in [0.29, 0.717) is 58.5 Å². The van der Waals surface area contributed by atoms with Crippen molar-refractivity contribution >= 4 is 35.2 Å². The third-order valence-electron chi connectivity index (χ3n) is 5.82. The van der Waals surface area contributed by atoms with Crippen LogP contribution in [0.3, 0.4) is 0 Å². The lowest BCUT2D eigenvalue weighted by Gasteiger charge is -2.18. The molecule has 0 saturated heterocycles. The van der Waals surface area contributed by atoms with Gasteiger partial charge >= 0.3 is 0 Å². The monoisotopic (exact) mass is 576 g/mol. The molecule has 1 aliphatic heterocycles. The molecule has 0 unspecified atom stereocenters. The summed E-state index contributed by atoms with van der Waals surface area (Å²) in [4.78, 5) is 59.8. The third kappa shape index (κ3) is 13.0. The average Bonchev–Trinajstić information content (AvgIpc) is 3.27. The van der Waals surface area contributed by atoms with Crippen LogP contribution in [0, 0.1) is 5.92 Å². The van der Waals surface area contributed by atoms with Crippen molar-refractivity contribution < 1.29 is 42.9 Å². The molecule has 0 bridgehead atoms. The SMILES string of the molecule is CC(C)[C@H](NC(=O)CCOCCOCCOCCOCCNC(=O)Cc1ccc(N2C(=O)C=CC2=O)cc1)C(N)=O. The molecule has 4 N–H and O–H groups in total. The first-order valence-corrected chi connectivity index (χ1v) is 13.5. The first-order chi connectivity index (χ1) is 19.7. The number of imide groups is 1. The maximum atomic E-state index is 12.1. The zero-order valence-corrected chi connectivity index (χ0v) is 23.6.